The van der Waals surface area contributed by atoms with Crippen LogP contribution in [0, 0.1) is 5.92 Å². The van der Waals surface area contributed by atoms with Crippen molar-refractivity contribution in [3.63, 3.8) is 0 Å². The summed E-state index contributed by atoms with van der Waals surface area (Å²) in [5.41, 5.74) is 1.45. The van der Waals surface area contributed by atoms with Crippen molar-refractivity contribution >= 4 is 15.9 Å². The van der Waals surface area contributed by atoms with E-state index in [9.17, 15) is 0 Å². The van der Waals surface area contributed by atoms with Gasteiger partial charge in [-0.25, -0.2) is 0 Å². The highest BCUT2D eigenvalue weighted by Gasteiger charge is 2.45. The zero-order chi connectivity index (χ0) is 13.9. The first kappa shape index (κ1) is 13.9. The molecule has 3 atom stereocenters. The molecule has 0 spiro atoms. The van der Waals surface area contributed by atoms with Gasteiger partial charge in [0.05, 0.1) is 16.8 Å². The van der Waals surface area contributed by atoms with E-state index in [4.69, 9.17) is 4.42 Å². The molecular weight excluding hydrogens is 314 g/mol. The lowest BCUT2D eigenvalue weighted by molar-refractivity contribution is 0.377. The molecule has 1 aromatic heterocycles. The molecule has 0 bridgehead atoms. The average molecular weight is 334 g/mol. The van der Waals surface area contributed by atoms with E-state index < -0.39 is 0 Å². The van der Waals surface area contributed by atoms with Crippen molar-refractivity contribution in [1.82, 2.24) is 5.32 Å². The molecule has 3 unspecified atom stereocenters. The maximum Gasteiger partial charge on any atom is 0.135 e. The standard InChI is InChI=1S/C17H20BrNO/c1-2-9-19-16(17-15(18)8-10-20-17)14-11-13(14)12-6-4-3-5-7-12/h3-8,10,13-14,16,19H,2,9,11H2,1H3. The Labute approximate surface area is 128 Å². The van der Waals surface area contributed by atoms with Gasteiger partial charge in [0.1, 0.15) is 5.76 Å². The Bertz CT molecular complexity index is 551. The third-order valence-corrected chi connectivity index (χ3v) is 4.69. The zero-order valence-corrected chi connectivity index (χ0v) is 13.3. The highest BCUT2D eigenvalue weighted by molar-refractivity contribution is 9.10. The first-order valence-electron chi connectivity index (χ1n) is 7.32. The second kappa shape index (κ2) is 6.15. The quantitative estimate of drug-likeness (QED) is 0.814. The molecular formula is C17H20BrNO. The Morgan fingerprint density at radius 1 is 1.30 bits per heavy atom. The Balaban J connectivity index is 1.77. The molecule has 1 heterocycles. The molecule has 2 aromatic rings. The molecule has 1 fully saturated rings. The fourth-order valence-electron chi connectivity index (χ4n) is 2.93. The van der Waals surface area contributed by atoms with Crippen LogP contribution in [0.5, 0.6) is 0 Å². The molecule has 0 radical (unpaired) electrons. The normalized spacial score (nSPS) is 22.7. The molecule has 3 heteroatoms. The molecule has 106 valence electrons. The van der Waals surface area contributed by atoms with E-state index in [2.05, 4.69) is 58.5 Å². The molecule has 2 nitrogen and oxygen atoms in total. The number of furan rings is 1. The smallest absolute Gasteiger partial charge is 0.135 e. The lowest BCUT2D eigenvalue weighted by Crippen LogP contribution is -2.24. The van der Waals surface area contributed by atoms with Gasteiger partial charge >= 0.3 is 0 Å². The van der Waals surface area contributed by atoms with Crippen molar-refractivity contribution in [2.75, 3.05) is 6.54 Å². The van der Waals surface area contributed by atoms with Gasteiger partial charge in [0, 0.05) is 0 Å². The van der Waals surface area contributed by atoms with Crippen LogP contribution in [0.4, 0.5) is 0 Å². The van der Waals surface area contributed by atoms with E-state index in [0.29, 0.717) is 17.9 Å². The van der Waals surface area contributed by atoms with E-state index in [1.54, 1.807) is 6.26 Å². The third kappa shape index (κ3) is 2.84. The first-order chi connectivity index (χ1) is 9.81. The van der Waals surface area contributed by atoms with Crippen molar-refractivity contribution in [2.24, 2.45) is 5.92 Å². The van der Waals surface area contributed by atoms with Crippen LogP contribution < -0.4 is 5.32 Å². The number of benzene rings is 1. The molecule has 0 aliphatic heterocycles. The Hall–Kier alpha value is -1.06. The van der Waals surface area contributed by atoms with Gasteiger partial charge in [-0.05, 0) is 58.8 Å². The number of halogens is 1. The minimum Gasteiger partial charge on any atom is -0.466 e. The summed E-state index contributed by atoms with van der Waals surface area (Å²) in [6.07, 6.45) is 4.13. The predicted molar refractivity (Wildman–Crippen MR) is 84.7 cm³/mol. The van der Waals surface area contributed by atoms with Gasteiger partial charge in [-0.1, -0.05) is 37.3 Å². The summed E-state index contributed by atoms with van der Waals surface area (Å²) in [5, 5.41) is 3.65. The third-order valence-electron chi connectivity index (χ3n) is 4.04. The molecule has 0 saturated heterocycles. The number of hydrogen-bond acceptors (Lipinski definition) is 2. The lowest BCUT2D eigenvalue weighted by Gasteiger charge is -2.17. The minimum absolute atomic E-state index is 0.310. The van der Waals surface area contributed by atoms with Crippen LogP contribution in [-0.4, -0.2) is 6.54 Å². The number of nitrogens with one attached hydrogen (secondary N) is 1. The lowest BCUT2D eigenvalue weighted by atomic mass is 10.0. The second-order valence-corrected chi connectivity index (χ2v) is 6.34. The Morgan fingerprint density at radius 3 is 2.75 bits per heavy atom. The molecule has 1 aliphatic rings. The summed E-state index contributed by atoms with van der Waals surface area (Å²) >= 11 is 3.60. The van der Waals surface area contributed by atoms with E-state index in [-0.39, 0.29) is 0 Å². The van der Waals surface area contributed by atoms with Crippen LogP contribution >= 0.6 is 15.9 Å². The highest BCUT2D eigenvalue weighted by atomic mass is 79.9. The summed E-state index contributed by atoms with van der Waals surface area (Å²) in [6.45, 7) is 3.22. The minimum atomic E-state index is 0.310. The van der Waals surface area contributed by atoms with Crippen molar-refractivity contribution in [3.8, 4) is 0 Å². The molecule has 1 aliphatic carbocycles. The van der Waals surface area contributed by atoms with Gasteiger partial charge in [0.15, 0.2) is 0 Å². The Morgan fingerprint density at radius 2 is 2.10 bits per heavy atom. The monoisotopic (exact) mass is 333 g/mol. The summed E-state index contributed by atoms with van der Waals surface area (Å²) in [7, 11) is 0. The zero-order valence-electron chi connectivity index (χ0n) is 11.7. The summed E-state index contributed by atoms with van der Waals surface area (Å²) in [4.78, 5) is 0. The second-order valence-electron chi connectivity index (χ2n) is 5.48. The Kier molecular flexibility index (Phi) is 4.27. The van der Waals surface area contributed by atoms with Crippen molar-refractivity contribution in [2.45, 2.75) is 31.7 Å². The van der Waals surface area contributed by atoms with Crippen molar-refractivity contribution in [1.29, 1.82) is 0 Å². The topological polar surface area (TPSA) is 25.2 Å². The fraction of sp³-hybridized carbons (Fsp3) is 0.412. The summed E-state index contributed by atoms with van der Waals surface area (Å²) in [5.74, 6) is 2.33. The van der Waals surface area contributed by atoms with Gasteiger partial charge in [0.25, 0.3) is 0 Å². The van der Waals surface area contributed by atoms with Crippen LogP contribution in [0.15, 0.2) is 51.6 Å². The van der Waals surface area contributed by atoms with Gasteiger partial charge in [-0.3, -0.25) is 0 Å². The highest BCUT2D eigenvalue weighted by Crippen LogP contribution is 2.54. The van der Waals surface area contributed by atoms with Crippen LogP contribution in [-0.2, 0) is 0 Å². The largest absolute Gasteiger partial charge is 0.466 e. The maximum atomic E-state index is 5.70. The summed E-state index contributed by atoms with van der Waals surface area (Å²) in [6, 6.07) is 13.1. The molecule has 1 saturated carbocycles. The fourth-order valence-corrected chi connectivity index (χ4v) is 3.38. The summed E-state index contributed by atoms with van der Waals surface area (Å²) < 4.78 is 6.77. The van der Waals surface area contributed by atoms with Gasteiger partial charge in [0.2, 0.25) is 0 Å². The number of hydrogen-bond donors (Lipinski definition) is 1. The molecule has 1 N–H and O–H groups in total. The van der Waals surface area contributed by atoms with Crippen LogP contribution in [0.1, 0.15) is 43.0 Å². The molecule has 3 rings (SSSR count). The average Bonchev–Trinajstić information content (AvgIpc) is 3.16. The van der Waals surface area contributed by atoms with Gasteiger partial charge in [-0.15, -0.1) is 0 Å². The van der Waals surface area contributed by atoms with E-state index in [1.165, 1.54) is 12.0 Å². The SMILES string of the molecule is CCCNC(c1occc1Br)C1CC1c1ccccc1. The van der Waals surface area contributed by atoms with Gasteiger partial charge < -0.3 is 9.73 Å². The van der Waals surface area contributed by atoms with Gasteiger partial charge in [-0.2, -0.15) is 0 Å². The predicted octanol–water partition coefficient (Wildman–Crippen LogP) is 4.89. The van der Waals surface area contributed by atoms with Crippen LogP contribution in [0.2, 0.25) is 0 Å². The molecule has 20 heavy (non-hydrogen) atoms. The van der Waals surface area contributed by atoms with E-state index >= 15 is 0 Å². The van der Waals surface area contributed by atoms with Crippen LogP contribution in [0.3, 0.4) is 0 Å². The van der Waals surface area contributed by atoms with Crippen LogP contribution in [0.25, 0.3) is 0 Å². The number of rotatable bonds is 6. The molecule has 1 aromatic carbocycles. The van der Waals surface area contributed by atoms with E-state index in [1.807, 2.05) is 6.07 Å². The van der Waals surface area contributed by atoms with Crippen molar-refractivity contribution < 1.29 is 4.42 Å². The van der Waals surface area contributed by atoms with E-state index in [0.717, 1.165) is 23.2 Å². The van der Waals surface area contributed by atoms with Crippen molar-refractivity contribution in [3.05, 3.63) is 58.5 Å². The first-order valence-corrected chi connectivity index (χ1v) is 8.11. The molecule has 0 amide bonds. The maximum absolute atomic E-state index is 5.70.